The van der Waals surface area contributed by atoms with Crippen molar-refractivity contribution in [3.8, 4) is 11.4 Å². The molecule has 0 saturated heterocycles. The molecular formula is C21H23F2N3. The smallest absolute Gasteiger partial charge is 0.184 e. The van der Waals surface area contributed by atoms with Gasteiger partial charge in [0.25, 0.3) is 0 Å². The van der Waals surface area contributed by atoms with Crippen LogP contribution in [0.15, 0.2) is 48.5 Å². The second-order valence-electron chi connectivity index (χ2n) is 7.65. The second kappa shape index (κ2) is 6.98. The fourth-order valence-electron chi connectivity index (χ4n) is 2.72. The largest absolute Gasteiger partial charge is 0.245 e. The molecule has 1 heterocycles. The molecule has 0 saturated carbocycles. The van der Waals surface area contributed by atoms with Crippen LogP contribution in [0.2, 0.25) is 0 Å². The van der Waals surface area contributed by atoms with E-state index in [2.05, 4.69) is 37.8 Å². The van der Waals surface area contributed by atoms with Gasteiger partial charge in [-0.15, -0.1) is 0 Å². The first-order valence-electron chi connectivity index (χ1n) is 8.70. The van der Waals surface area contributed by atoms with Crippen LogP contribution in [-0.2, 0) is 6.54 Å². The maximum absolute atomic E-state index is 14.2. The fourth-order valence-corrected chi connectivity index (χ4v) is 2.72. The third kappa shape index (κ3) is 3.82. The predicted molar refractivity (Wildman–Crippen MR) is 98.8 cm³/mol. The van der Waals surface area contributed by atoms with E-state index >= 15 is 0 Å². The quantitative estimate of drug-likeness (QED) is 0.625. The molecule has 3 aromatic rings. The molecule has 0 N–H and O–H groups in total. The van der Waals surface area contributed by atoms with Crippen LogP contribution < -0.4 is 0 Å². The minimum absolute atomic E-state index is 0.0424. The van der Waals surface area contributed by atoms with Crippen LogP contribution in [0.1, 0.15) is 45.0 Å². The molecule has 2 aromatic carbocycles. The number of halogens is 2. The second-order valence-corrected chi connectivity index (χ2v) is 7.65. The van der Waals surface area contributed by atoms with Gasteiger partial charge in [-0.25, -0.2) is 18.4 Å². The number of hydrogen-bond donors (Lipinski definition) is 0. The Morgan fingerprint density at radius 2 is 1.73 bits per heavy atom. The third-order valence-corrected chi connectivity index (χ3v) is 4.73. The van der Waals surface area contributed by atoms with Crippen LogP contribution in [0.25, 0.3) is 11.4 Å². The Bertz CT molecular complexity index is 895. The molecule has 0 aliphatic heterocycles. The number of rotatable bonds is 4. The highest BCUT2D eigenvalue weighted by Gasteiger charge is 2.28. The van der Waals surface area contributed by atoms with Crippen LogP contribution >= 0.6 is 0 Å². The number of hydrogen-bond acceptors (Lipinski definition) is 2. The molecule has 1 atom stereocenters. The van der Waals surface area contributed by atoms with E-state index < -0.39 is 11.6 Å². The maximum Gasteiger partial charge on any atom is 0.184 e. The van der Waals surface area contributed by atoms with Crippen molar-refractivity contribution in [3.05, 3.63) is 71.6 Å². The lowest BCUT2D eigenvalue weighted by molar-refractivity contribution is 0.318. The Morgan fingerprint density at radius 1 is 1.04 bits per heavy atom. The molecule has 5 heteroatoms. The highest BCUT2D eigenvalue weighted by molar-refractivity contribution is 5.55. The average molecular weight is 355 g/mol. The van der Waals surface area contributed by atoms with Crippen LogP contribution in [-0.4, -0.2) is 14.8 Å². The van der Waals surface area contributed by atoms with Crippen molar-refractivity contribution in [3.63, 3.8) is 0 Å². The summed E-state index contributed by atoms with van der Waals surface area (Å²) in [5, 5.41) is 4.51. The zero-order valence-electron chi connectivity index (χ0n) is 15.5. The van der Waals surface area contributed by atoms with Crippen molar-refractivity contribution in [1.82, 2.24) is 14.8 Å². The Morgan fingerprint density at radius 3 is 2.38 bits per heavy atom. The van der Waals surface area contributed by atoms with Crippen molar-refractivity contribution >= 4 is 0 Å². The Balaban J connectivity index is 2.09. The molecule has 0 radical (unpaired) electrons. The average Bonchev–Trinajstić information content (AvgIpc) is 2.99. The van der Waals surface area contributed by atoms with Gasteiger partial charge in [0.1, 0.15) is 17.5 Å². The monoisotopic (exact) mass is 355 g/mol. The van der Waals surface area contributed by atoms with E-state index in [0.717, 1.165) is 29.6 Å². The van der Waals surface area contributed by atoms with E-state index in [1.807, 2.05) is 30.3 Å². The van der Waals surface area contributed by atoms with Gasteiger partial charge in [0.15, 0.2) is 5.82 Å². The molecule has 0 amide bonds. The first-order valence-corrected chi connectivity index (χ1v) is 8.70. The molecule has 3 rings (SSSR count). The zero-order valence-corrected chi connectivity index (χ0v) is 15.5. The minimum Gasteiger partial charge on any atom is -0.245 e. The van der Waals surface area contributed by atoms with Crippen molar-refractivity contribution in [2.75, 3.05) is 0 Å². The van der Waals surface area contributed by atoms with Crippen LogP contribution in [0.3, 0.4) is 0 Å². The molecule has 0 bridgehead atoms. The lowest BCUT2D eigenvalue weighted by atomic mass is 9.81. The van der Waals surface area contributed by atoms with Gasteiger partial charge in [-0.05, 0) is 29.2 Å². The van der Waals surface area contributed by atoms with Crippen LogP contribution in [0.5, 0.6) is 0 Å². The SMILES string of the molecule is C[C@@H](c1nc(-c2cc(F)ccc2F)nn1Cc1ccccc1)C(C)(C)C. The topological polar surface area (TPSA) is 30.7 Å². The molecule has 3 nitrogen and oxygen atoms in total. The Labute approximate surface area is 152 Å². The molecule has 0 aliphatic carbocycles. The van der Waals surface area contributed by atoms with E-state index in [0.29, 0.717) is 6.54 Å². The standard InChI is InChI=1S/C21H23F2N3/c1-14(21(2,3)4)20-24-19(17-12-16(22)10-11-18(17)23)25-26(20)13-15-8-6-5-7-9-15/h5-12,14H,13H2,1-4H3/t14-/m0/s1. The van der Waals surface area contributed by atoms with Crippen LogP contribution in [0, 0.1) is 17.0 Å². The van der Waals surface area contributed by atoms with E-state index in [1.165, 1.54) is 0 Å². The summed E-state index contributed by atoms with van der Waals surface area (Å²) in [6.45, 7) is 8.99. The molecule has 0 unspecified atom stereocenters. The minimum atomic E-state index is -0.529. The van der Waals surface area contributed by atoms with Gasteiger partial charge in [0, 0.05) is 5.92 Å². The highest BCUT2D eigenvalue weighted by atomic mass is 19.1. The van der Waals surface area contributed by atoms with Crippen molar-refractivity contribution < 1.29 is 8.78 Å². The first-order chi connectivity index (χ1) is 12.3. The summed E-state index contributed by atoms with van der Waals surface area (Å²) in [7, 11) is 0. The number of aromatic nitrogens is 3. The summed E-state index contributed by atoms with van der Waals surface area (Å²) in [4.78, 5) is 4.59. The van der Waals surface area contributed by atoms with Crippen LogP contribution in [0.4, 0.5) is 8.78 Å². The summed E-state index contributed by atoms with van der Waals surface area (Å²) in [6, 6.07) is 13.2. The van der Waals surface area contributed by atoms with Crippen molar-refractivity contribution in [2.24, 2.45) is 5.41 Å². The Hall–Kier alpha value is -2.56. The molecule has 1 aromatic heterocycles. The lowest BCUT2D eigenvalue weighted by Gasteiger charge is -2.26. The molecule has 136 valence electrons. The zero-order chi connectivity index (χ0) is 18.9. The molecule has 0 aliphatic rings. The van der Waals surface area contributed by atoms with E-state index in [4.69, 9.17) is 0 Å². The molecule has 0 spiro atoms. The number of benzene rings is 2. The van der Waals surface area contributed by atoms with Gasteiger partial charge >= 0.3 is 0 Å². The normalized spacial score (nSPS) is 13.0. The summed E-state index contributed by atoms with van der Waals surface area (Å²) >= 11 is 0. The third-order valence-electron chi connectivity index (χ3n) is 4.73. The molecular weight excluding hydrogens is 332 g/mol. The fraction of sp³-hybridized carbons (Fsp3) is 0.333. The molecule has 26 heavy (non-hydrogen) atoms. The summed E-state index contributed by atoms with van der Waals surface area (Å²) in [6.07, 6.45) is 0. The van der Waals surface area contributed by atoms with Gasteiger partial charge in [0.2, 0.25) is 0 Å². The van der Waals surface area contributed by atoms with E-state index in [-0.39, 0.29) is 22.7 Å². The van der Waals surface area contributed by atoms with Crippen molar-refractivity contribution in [2.45, 2.75) is 40.2 Å². The predicted octanol–water partition coefficient (Wildman–Crippen LogP) is 5.42. The number of nitrogens with zero attached hydrogens (tertiary/aromatic N) is 3. The van der Waals surface area contributed by atoms with Gasteiger partial charge in [0.05, 0.1) is 12.1 Å². The van der Waals surface area contributed by atoms with E-state index in [9.17, 15) is 8.78 Å². The Kier molecular flexibility index (Phi) is 4.90. The maximum atomic E-state index is 14.2. The van der Waals surface area contributed by atoms with Gasteiger partial charge in [-0.1, -0.05) is 58.0 Å². The van der Waals surface area contributed by atoms with E-state index in [1.54, 1.807) is 4.68 Å². The first kappa shape index (κ1) is 18.2. The highest BCUT2D eigenvalue weighted by Crippen LogP contribution is 2.35. The molecule has 0 fully saturated rings. The summed E-state index contributed by atoms with van der Waals surface area (Å²) in [5.74, 6) is 0.0255. The van der Waals surface area contributed by atoms with Gasteiger partial charge < -0.3 is 0 Å². The summed E-state index contributed by atoms with van der Waals surface area (Å²) < 4.78 is 29.6. The van der Waals surface area contributed by atoms with Gasteiger partial charge in [-0.2, -0.15) is 5.10 Å². The summed E-state index contributed by atoms with van der Waals surface area (Å²) in [5.41, 5.74) is 1.12. The van der Waals surface area contributed by atoms with Crippen molar-refractivity contribution in [1.29, 1.82) is 0 Å². The van der Waals surface area contributed by atoms with Gasteiger partial charge in [-0.3, -0.25) is 0 Å². The lowest BCUT2D eigenvalue weighted by Crippen LogP contribution is -2.20.